The molecule has 0 aliphatic heterocycles. The summed E-state index contributed by atoms with van der Waals surface area (Å²) in [7, 11) is 0. The predicted octanol–water partition coefficient (Wildman–Crippen LogP) is 5.80. The van der Waals surface area contributed by atoms with E-state index in [4.69, 9.17) is 4.74 Å². The highest BCUT2D eigenvalue weighted by Gasteiger charge is 2.39. The number of hydrogen-bond acceptors (Lipinski definition) is 5. The van der Waals surface area contributed by atoms with Crippen LogP contribution in [0, 0.1) is 11.8 Å². The number of ketones is 1. The number of carbonyl (C=O) groups is 2. The number of para-hydroxylation sites is 1. The summed E-state index contributed by atoms with van der Waals surface area (Å²) in [5.74, 6) is -0.400. The number of amides is 1. The number of benzene rings is 1. The molecule has 0 saturated heterocycles. The number of anilines is 1. The molecule has 0 aromatic heterocycles. The van der Waals surface area contributed by atoms with Crippen LogP contribution in [-0.4, -0.2) is 40.4 Å². The van der Waals surface area contributed by atoms with E-state index in [-0.39, 0.29) is 30.1 Å². The molecule has 6 nitrogen and oxygen atoms in total. The molecule has 1 fully saturated rings. The third-order valence-corrected chi connectivity index (χ3v) is 6.26. The summed E-state index contributed by atoms with van der Waals surface area (Å²) in [6, 6.07) is 9.19. The largest absolute Gasteiger partial charge is 0.446 e. The number of carbonyl (C=O) groups excluding carboxylic acids is 2. The summed E-state index contributed by atoms with van der Waals surface area (Å²) in [5, 5.41) is 23.1. The van der Waals surface area contributed by atoms with E-state index in [9.17, 15) is 19.8 Å². The van der Waals surface area contributed by atoms with E-state index in [2.05, 4.69) is 18.3 Å². The predicted molar refractivity (Wildman–Crippen MR) is 136 cm³/mol. The molecular formula is C28H41NO5. The lowest BCUT2D eigenvalue weighted by Gasteiger charge is -2.16. The summed E-state index contributed by atoms with van der Waals surface area (Å²) in [6.07, 6.45) is 12.9. The fourth-order valence-corrected chi connectivity index (χ4v) is 4.28. The average Bonchev–Trinajstić information content (AvgIpc) is 3.07. The van der Waals surface area contributed by atoms with Crippen molar-refractivity contribution in [3.05, 3.63) is 54.6 Å². The number of aliphatic hydroxyl groups is 2. The minimum Gasteiger partial charge on any atom is -0.446 e. The van der Waals surface area contributed by atoms with Crippen molar-refractivity contribution in [1.82, 2.24) is 0 Å². The number of hydrogen-bond donors (Lipinski definition) is 3. The first kappa shape index (κ1) is 27.8. The van der Waals surface area contributed by atoms with Crippen molar-refractivity contribution in [2.45, 2.75) is 89.9 Å². The van der Waals surface area contributed by atoms with Crippen molar-refractivity contribution in [1.29, 1.82) is 0 Å². The summed E-state index contributed by atoms with van der Waals surface area (Å²) in [5.41, 5.74) is 0.702. The zero-order chi connectivity index (χ0) is 24.8. The van der Waals surface area contributed by atoms with Crippen LogP contribution in [-0.2, 0) is 9.53 Å². The Morgan fingerprint density at radius 3 is 2.68 bits per heavy atom. The van der Waals surface area contributed by atoms with Crippen LogP contribution in [0.2, 0.25) is 0 Å². The zero-order valence-electron chi connectivity index (χ0n) is 20.6. The lowest BCUT2D eigenvalue weighted by Crippen LogP contribution is -2.20. The van der Waals surface area contributed by atoms with Crippen molar-refractivity contribution >= 4 is 17.6 Å². The lowest BCUT2D eigenvalue weighted by molar-refractivity contribution is -0.121. The topological polar surface area (TPSA) is 95.9 Å². The van der Waals surface area contributed by atoms with Gasteiger partial charge in [-0.1, -0.05) is 68.7 Å². The Morgan fingerprint density at radius 2 is 1.94 bits per heavy atom. The molecule has 34 heavy (non-hydrogen) atoms. The van der Waals surface area contributed by atoms with Gasteiger partial charge in [-0.3, -0.25) is 10.1 Å². The Bertz CT molecular complexity index is 791. The Kier molecular flexibility index (Phi) is 12.6. The second-order valence-electron chi connectivity index (χ2n) is 9.21. The average molecular weight is 472 g/mol. The second-order valence-corrected chi connectivity index (χ2v) is 9.21. The van der Waals surface area contributed by atoms with Crippen molar-refractivity contribution < 1.29 is 24.5 Å². The molecule has 0 bridgehead atoms. The van der Waals surface area contributed by atoms with E-state index in [0.29, 0.717) is 18.5 Å². The van der Waals surface area contributed by atoms with Gasteiger partial charge in [0.15, 0.2) is 0 Å². The standard InChI is InChI=1S/C28H41NO5/c1-3-4-8-16-23(30)18-19-25-24(26(31)20-27(25)32)17-12-6-5-9-13-21(2)34-28(33)29-22-14-10-7-11-15-22/h6-7,10-12,14-15,18-19,21,23-25,27,30,32H,3-5,8-9,13,16-17,20H2,1-2H3,(H,29,33)/t21?,23-,24+,25+,27+/m0/s1. The molecule has 188 valence electrons. The fourth-order valence-electron chi connectivity index (χ4n) is 4.28. The molecule has 1 amide bonds. The van der Waals surface area contributed by atoms with Gasteiger partial charge >= 0.3 is 6.09 Å². The molecule has 0 radical (unpaired) electrons. The van der Waals surface area contributed by atoms with Crippen LogP contribution in [0.15, 0.2) is 54.6 Å². The Morgan fingerprint density at radius 1 is 1.18 bits per heavy atom. The van der Waals surface area contributed by atoms with Crippen LogP contribution < -0.4 is 5.32 Å². The molecule has 6 heteroatoms. The van der Waals surface area contributed by atoms with Crippen molar-refractivity contribution in [2.24, 2.45) is 11.8 Å². The van der Waals surface area contributed by atoms with Gasteiger partial charge in [0, 0.05) is 23.9 Å². The smallest absolute Gasteiger partial charge is 0.411 e. The maximum atomic E-state index is 12.3. The van der Waals surface area contributed by atoms with Crippen LogP contribution >= 0.6 is 0 Å². The van der Waals surface area contributed by atoms with Gasteiger partial charge in [0.1, 0.15) is 11.9 Å². The maximum Gasteiger partial charge on any atom is 0.411 e. The van der Waals surface area contributed by atoms with E-state index < -0.39 is 18.3 Å². The highest BCUT2D eigenvalue weighted by Crippen LogP contribution is 2.33. The van der Waals surface area contributed by atoms with Gasteiger partial charge in [-0.05, 0) is 51.2 Å². The molecule has 2 rings (SSSR count). The number of allylic oxidation sites excluding steroid dienone is 2. The molecule has 0 heterocycles. The molecular weight excluding hydrogens is 430 g/mol. The van der Waals surface area contributed by atoms with Crippen molar-refractivity contribution in [3.63, 3.8) is 0 Å². The van der Waals surface area contributed by atoms with Gasteiger partial charge in [0.25, 0.3) is 0 Å². The normalized spacial score (nSPS) is 22.4. The molecule has 1 aromatic rings. The zero-order valence-corrected chi connectivity index (χ0v) is 20.6. The number of nitrogens with one attached hydrogen (secondary N) is 1. The van der Waals surface area contributed by atoms with E-state index in [0.717, 1.165) is 38.5 Å². The molecule has 0 spiro atoms. The minimum atomic E-state index is -0.676. The summed E-state index contributed by atoms with van der Waals surface area (Å²) >= 11 is 0. The molecule has 5 atom stereocenters. The van der Waals surface area contributed by atoms with E-state index >= 15 is 0 Å². The Balaban J connectivity index is 1.68. The minimum absolute atomic E-state index is 0.0822. The quantitative estimate of drug-likeness (QED) is 0.235. The van der Waals surface area contributed by atoms with Crippen LogP contribution in [0.3, 0.4) is 0 Å². The highest BCUT2D eigenvalue weighted by molar-refractivity contribution is 5.85. The first-order valence-electron chi connectivity index (χ1n) is 12.7. The van der Waals surface area contributed by atoms with Gasteiger partial charge in [-0.2, -0.15) is 0 Å². The third-order valence-electron chi connectivity index (χ3n) is 6.26. The van der Waals surface area contributed by atoms with Gasteiger partial charge < -0.3 is 14.9 Å². The van der Waals surface area contributed by atoms with Gasteiger partial charge in [0.05, 0.1) is 12.2 Å². The van der Waals surface area contributed by atoms with E-state index in [1.165, 1.54) is 0 Å². The monoisotopic (exact) mass is 471 g/mol. The SMILES string of the molecule is CCCCC[C@H](O)C=C[C@H]1[C@H](O)CC(=O)[C@@H]1CC=CCCCC(C)OC(=O)Nc1ccccc1. The van der Waals surface area contributed by atoms with Crippen molar-refractivity contribution in [3.8, 4) is 0 Å². The number of rotatable bonds is 14. The molecule has 1 aromatic carbocycles. The fraction of sp³-hybridized carbons (Fsp3) is 0.571. The van der Waals surface area contributed by atoms with Crippen LogP contribution in [0.4, 0.5) is 10.5 Å². The van der Waals surface area contributed by atoms with Crippen LogP contribution in [0.25, 0.3) is 0 Å². The van der Waals surface area contributed by atoms with Gasteiger partial charge in [-0.25, -0.2) is 4.79 Å². The highest BCUT2D eigenvalue weighted by atomic mass is 16.6. The second kappa shape index (κ2) is 15.5. The molecule has 1 unspecified atom stereocenters. The summed E-state index contributed by atoms with van der Waals surface area (Å²) in [6.45, 7) is 4.00. The molecule has 1 aliphatic carbocycles. The Labute approximate surface area is 204 Å². The summed E-state index contributed by atoms with van der Waals surface area (Å²) < 4.78 is 5.38. The summed E-state index contributed by atoms with van der Waals surface area (Å²) in [4.78, 5) is 24.3. The van der Waals surface area contributed by atoms with Crippen molar-refractivity contribution in [2.75, 3.05) is 5.32 Å². The molecule has 3 N–H and O–H groups in total. The van der Waals surface area contributed by atoms with Crippen LogP contribution in [0.1, 0.15) is 71.6 Å². The lowest BCUT2D eigenvalue weighted by atomic mass is 9.90. The van der Waals surface area contributed by atoms with E-state index in [1.54, 1.807) is 18.2 Å². The number of unbranched alkanes of at least 4 members (excludes halogenated alkanes) is 3. The van der Waals surface area contributed by atoms with E-state index in [1.807, 2.05) is 37.3 Å². The number of aliphatic hydroxyl groups excluding tert-OH is 2. The van der Waals surface area contributed by atoms with Gasteiger partial charge in [0.2, 0.25) is 0 Å². The van der Waals surface area contributed by atoms with Crippen LogP contribution in [0.5, 0.6) is 0 Å². The number of ether oxygens (including phenoxy) is 1. The maximum absolute atomic E-state index is 12.3. The Hall–Kier alpha value is -2.44. The first-order chi connectivity index (χ1) is 16.4. The van der Waals surface area contributed by atoms with Gasteiger partial charge in [-0.15, -0.1) is 0 Å². The third kappa shape index (κ3) is 10.2. The first-order valence-corrected chi connectivity index (χ1v) is 12.7. The molecule has 1 saturated carbocycles. The molecule has 1 aliphatic rings. The number of Topliss-reactive ketones (excluding diaryl/α,β-unsaturated/α-hetero) is 1.